The summed E-state index contributed by atoms with van der Waals surface area (Å²) in [5.74, 6) is 1.23. The molecule has 0 aliphatic heterocycles. The third kappa shape index (κ3) is 2.15. The van der Waals surface area contributed by atoms with Gasteiger partial charge in [-0.2, -0.15) is 0 Å². The maximum atomic E-state index is 6.52. The first-order chi connectivity index (χ1) is 10.1. The van der Waals surface area contributed by atoms with Crippen molar-refractivity contribution in [2.75, 3.05) is 0 Å². The summed E-state index contributed by atoms with van der Waals surface area (Å²) in [7, 11) is 0. The molecule has 4 heteroatoms. The number of imidazole rings is 1. The van der Waals surface area contributed by atoms with Gasteiger partial charge in [-0.25, -0.2) is 4.98 Å². The Bertz CT molecular complexity index is 689. The Morgan fingerprint density at radius 3 is 2.81 bits per heavy atom. The molecule has 112 valence electrons. The van der Waals surface area contributed by atoms with E-state index in [1.807, 2.05) is 0 Å². The summed E-state index contributed by atoms with van der Waals surface area (Å²) in [4.78, 5) is 5.03. The number of benzene rings is 1. The van der Waals surface area contributed by atoms with Crippen LogP contribution < -0.4 is 5.73 Å². The molecule has 4 rings (SSSR count). The Hall–Kier alpha value is -0.870. The van der Waals surface area contributed by atoms with Crippen molar-refractivity contribution in [2.24, 2.45) is 5.73 Å². The van der Waals surface area contributed by atoms with E-state index in [0.717, 1.165) is 22.8 Å². The van der Waals surface area contributed by atoms with Crippen molar-refractivity contribution in [3.8, 4) is 0 Å². The van der Waals surface area contributed by atoms with Crippen LogP contribution in [0.1, 0.15) is 57.3 Å². The molecule has 1 heterocycles. The molecule has 2 N–H and O–H groups in total. The SMILES string of the molecule is CC1(c2nc3cc(Br)ccc3n2C2CC2)CCCCC1N. The molecule has 0 amide bonds. The Morgan fingerprint density at radius 1 is 1.29 bits per heavy atom. The van der Waals surface area contributed by atoms with Gasteiger partial charge in [-0.1, -0.05) is 35.7 Å². The number of aromatic nitrogens is 2. The van der Waals surface area contributed by atoms with Crippen LogP contribution >= 0.6 is 15.9 Å². The smallest absolute Gasteiger partial charge is 0.117 e. The number of hydrogen-bond donors (Lipinski definition) is 1. The monoisotopic (exact) mass is 347 g/mol. The zero-order chi connectivity index (χ0) is 14.6. The van der Waals surface area contributed by atoms with Crippen LogP contribution in [-0.4, -0.2) is 15.6 Å². The van der Waals surface area contributed by atoms with Crippen LogP contribution in [0.2, 0.25) is 0 Å². The van der Waals surface area contributed by atoms with Crippen LogP contribution in [0.3, 0.4) is 0 Å². The molecule has 2 aliphatic rings. The maximum absolute atomic E-state index is 6.52. The highest BCUT2D eigenvalue weighted by Crippen LogP contribution is 2.45. The van der Waals surface area contributed by atoms with Crippen LogP contribution in [0.5, 0.6) is 0 Å². The second-order valence-electron chi connectivity index (χ2n) is 6.94. The minimum atomic E-state index is 0.0202. The number of fused-ring (bicyclic) bond motifs is 1. The lowest BCUT2D eigenvalue weighted by Crippen LogP contribution is -2.47. The van der Waals surface area contributed by atoms with E-state index >= 15 is 0 Å². The highest BCUT2D eigenvalue weighted by molar-refractivity contribution is 9.10. The number of nitrogens with two attached hydrogens (primary N) is 1. The fourth-order valence-electron chi connectivity index (χ4n) is 3.82. The standard InChI is InChI=1S/C17H22BrN3/c1-17(9-3-2-4-15(17)19)16-20-13-10-11(18)5-8-14(13)21(16)12-6-7-12/h5,8,10,12,15H,2-4,6-7,9,19H2,1H3. The largest absolute Gasteiger partial charge is 0.327 e. The van der Waals surface area contributed by atoms with Crippen molar-refractivity contribution >= 4 is 27.0 Å². The molecule has 0 saturated heterocycles. The quantitative estimate of drug-likeness (QED) is 0.880. The second kappa shape index (κ2) is 4.82. The van der Waals surface area contributed by atoms with E-state index in [9.17, 15) is 0 Å². The molecule has 2 aliphatic carbocycles. The summed E-state index contributed by atoms with van der Waals surface area (Å²) in [5.41, 5.74) is 8.92. The summed E-state index contributed by atoms with van der Waals surface area (Å²) in [6, 6.07) is 7.32. The third-order valence-corrected chi connectivity index (χ3v) is 5.85. The molecule has 1 aromatic carbocycles. The lowest BCUT2D eigenvalue weighted by Gasteiger charge is -2.39. The molecule has 2 aromatic rings. The Morgan fingerprint density at radius 2 is 2.10 bits per heavy atom. The highest BCUT2D eigenvalue weighted by atomic mass is 79.9. The zero-order valence-corrected chi connectivity index (χ0v) is 14.1. The van der Waals surface area contributed by atoms with Crippen molar-refractivity contribution in [3.63, 3.8) is 0 Å². The minimum absolute atomic E-state index is 0.0202. The number of halogens is 1. The van der Waals surface area contributed by atoms with Crippen molar-refractivity contribution in [1.82, 2.24) is 9.55 Å². The third-order valence-electron chi connectivity index (χ3n) is 5.35. The van der Waals surface area contributed by atoms with Crippen molar-refractivity contribution < 1.29 is 0 Å². The van der Waals surface area contributed by atoms with Gasteiger partial charge in [0, 0.05) is 22.0 Å². The number of hydrogen-bond acceptors (Lipinski definition) is 2. The fourth-order valence-corrected chi connectivity index (χ4v) is 4.16. The predicted molar refractivity (Wildman–Crippen MR) is 89.5 cm³/mol. The molecule has 2 unspecified atom stereocenters. The molecule has 2 atom stereocenters. The van der Waals surface area contributed by atoms with Crippen molar-refractivity contribution in [1.29, 1.82) is 0 Å². The summed E-state index contributed by atoms with van der Waals surface area (Å²) in [6.07, 6.45) is 7.35. The molecule has 0 spiro atoms. The van der Waals surface area contributed by atoms with Gasteiger partial charge in [0.15, 0.2) is 0 Å². The molecular formula is C17H22BrN3. The van der Waals surface area contributed by atoms with Gasteiger partial charge in [-0.05, 0) is 43.9 Å². The van der Waals surface area contributed by atoms with Crippen LogP contribution in [-0.2, 0) is 5.41 Å². The summed E-state index contributed by atoms with van der Waals surface area (Å²) in [6.45, 7) is 2.33. The maximum Gasteiger partial charge on any atom is 0.117 e. The van der Waals surface area contributed by atoms with E-state index in [1.54, 1.807) is 0 Å². The highest BCUT2D eigenvalue weighted by Gasteiger charge is 2.42. The van der Waals surface area contributed by atoms with E-state index in [2.05, 4.69) is 45.6 Å². The van der Waals surface area contributed by atoms with Crippen LogP contribution in [0.4, 0.5) is 0 Å². The van der Waals surface area contributed by atoms with Crippen LogP contribution in [0.15, 0.2) is 22.7 Å². The number of nitrogens with zero attached hydrogens (tertiary/aromatic N) is 2. The van der Waals surface area contributed by atoms with Crippen LogP contribution in [0, 0.1) is 0 Å². The molecule has 21 heavy (non-hydrogen) atoms. The first kappa shape index (κ1) is 13.8. The van der Waals surface area contributed by atoms with Gasteiger partial charge in [0.05, 0.1) is 11.0 Å². The van der Waals surface area contributed by atoms with Gasteiger partial charge in [-0.15, -0.1) is 0 Å². The molecule has 2 saturated carbocycles. The van der Waals surface area contributed by atoms with E-state index < -0.39 is 0 Å². The molecule has 2 fully saturated rings. The van der Waals surface area contributed by atoms with Crippen molar-refractivity contribution in [2.45, 2.75) is 62.9 Å². The summed E-state index contributed by atoms with van der Waals surface area (Å²) < 4.78 is 3.59. The molecular weight excluding hydrogens is 326 g/mol. The summed E-state index contributed by atoms with van der Waals surface area (Å²) >= 11 is 3.57. The Kier molecular flexibility index (Phi) is 3.16. The van der Waals surface area contributed by atoms with E-state index in [0.29, 0.717) is 6.04 Å². The zero-order valence-electron chi connectivity index (χ0n) is 12.5. The van der Waals surface area contributed by atoms with Crippen molar-refractivity contribution in [3.05, 3.63) is 28.5 Å². The summed E-state index contributed by atoms with van der Waals surface area (Å²) in [5, 5.41) is 0. The first-order valence-electron chi connectivity index (χ1n) is 8.03. The number of rotatable bonds is 2. The normalized spacial score (nSPS) is 30.0. The van der Waals surface area contributed by atoms with Gasteiger partial charge in [0.1, 0.15) is 5.82 Å². The molecule has 3 nitrogen and oxygen atoms in total. The lowest BCUT2D eigenvalue weighted by atomic mass is 9.71. The minimum Gasteiger partial charge on any atom is -0.327 e. The predicted octanol–water partition coefficient (Wildman–Crippen LogP) is 4.29. The topological polar surface area (TPSA) is 43.8 Å². The van der Waals surface area contributed by atoms with Gasteiger partial charge in [0.25, 0.3) is 0 Å². The van der Waals surface area contributed by atoms with Gasteiger partial charge in [-0.3, -0.25) is 0 Å². The van der Waals surface area contributed by atoms with Crippen LogP contribution in [0.25, 0.3) is 11.0 Å². The average Bonchev–Trinajstić information content (AvgIpc) is 3.22. The van der Waals surface area contributed by atoms with E-state index in [-0.39, 0.29) is 11.5 Å². The lowest BCUT2D eigenvalue weighted by molar-refractivity contribution is 0.252. The van der Waals surface area contributed by atoms with E-state index in [4.69, 9.17) is 10.7 Å². The Labute approximate surface area is 134 Å². The van der Waals surface area contributed by atoms with E-state index in [1.165, 1.54) is 37.0 Å². The second-order valence-corrected chi connectivity index (χ2v) is 7.86. The molecule has 0 bridgehead atoms. The van der Waals surface area contributed by atoms with Gasteiger partial charge in [0.2, 0.25) is 0 Å². The van der Waals surface area contributed by atoms with Gasteiger partial charge >= 0.3 is 0 Å². The Balaban J connectivity index is 1.93. The molecule has 1 aromatic heterocycles. The van der Waals surface area contributed by atoms with Gasteiger partial charge < -0.3 is 10.3 Å². The first-order valence-corrected chi connectivity index (χ1v) is 8.82. The average molecular weight is 348 g/mol. The molecule has 0 radical (unpaired) electrons. The fraction of sp³-hybridized carbons (Fsp3) is 0.588.